The molecule has 2 fully saturated rings. The Morgan fingerprint density at radius 2 is 2.11 bits per heavy atom. The molecule has 2 rings (SSSR count). The number of carbonyl (C=O) groups excluding carboxylic acids is 2. The molecule has 2 amide bonds. The molecular formula is C13H22N2O3. The van der Waals surface area contributed by atoms with Gasteiger partial charge in [-0.2, -0.15) is 0 Å². The fourth-order valence-electron chi connectivity index (χ4n) is 2.72. The minimum Gasteiger partial charge on any atom is -0.379 e. The fraction of sp³-hybridized carbons (Fsp3) is 0.846. The summed E-state index contributed by atoms with van der Waals surface area (Å²) >= 11 is 0. The fourth-order valence-corrected chi connectivity index (χ4v) is 2.72. The van der Waals surface area contributed by atoms with E-state index in [2.05, 4.69) is 5.32 Å². The molecule has 18 heavy (non-hydrogen) atoms. The van der Waals surface area contributed by atoms with Crippen LogP contribution in [0, 0.1) is 0 Å². The van der Waals surface area contributed by atoms with Gasteiger partial charge in [-0.05, 0) is 33.1 Å². The molecule has 2 unspecified atom stereocenters. The Morgan fingerprint density at radius 3 is 2.67 bits per heavy atom. The maximum absolute atomic E-state index is 12.6. The van der Waals surface area contributed by atoms with E-state index in [1.807, 2.05) is 13.8 Å². The van der Waals surface area contributed by atoms with E-state index in [0.29, 0.717) is 13.0 Å². The number of carbonyl (C=O) groups is 2. The Labute approximate surface area is 108 Å². The van der Waals surface area contributed by atoms with Crippen molar-refractivity contribution < 1.29 is 14.3 Å². The van der Waals surface area contributed by atoms with E-state index < -0.39 is 5.54 Å². The number of ether oxygens (including phenoxy) is 1. The molecule has 0 aliphatic carbocycles. The second-order valence-corrected chi connectivity index (χ2v) is 5.78. The Hall–Kier alpha value is -1.10. The standard InChI is InChI=1S/C13H22N2O3/c1-4-13(3)11(17)15(8-10(16)14-13)12(2)6-5-7-18-9-12/h4-9H2,1-3H3,(H,14,16). The van der Waals surface area contributed by atoms with E-state index in [0.717, 1.165) is 19.4 Å². The Balaban J connectivity index is 2.26. The molecule has 2 aliphatic rings. The largest absolute Gasteiger partial charge is 0.379 e. The van der Waals surface area contributed by atoms with Crippen LogP contribution in [0.4, 0.5) is 0 Å². The number of amides is 2. The van der Waals surface area contributed by atoms with Crippen molar-refractivity contribution in [3.05, 3.63) is 0 Å². The predicted molar refractivity (Wildman–Crippen MR) is 67.0 cm³/mol. The van der Waals surface area contributed by atoms with Gasteiger partial charge in [0.25, 0.3) is 0 Å². The molecule has 2 aliphatic heterocycles. The summed E-state index contributed by atoms with van der Waals surface area (Å²) in [7, 11) is 0. The SMILES string of the molecule is CCC1(C)NC(=O)CN(C2(C)CCCOC2)C1=O. The zero-order chi connectivity index (χ0) is 13.4. The first-order valence-electron chi connectivity index (χ1n) is 6.62. The first kappa shape index (κ1) is 13.3. The van der Waals surface area contributed by atoms with Crippen LogP contribution in [0.1, 0.15) is 40.0 Å². The third kappa shape index (κ3) is 2.11. The van der Waals surface area contributed by atoms with Crippen molar-refractivity contribution in [2.45, 2.75) is 51.1 Å². The van der Waals surface area contributed by atoms with Crippen LogP contribution in [-0.4, -0.2) is 47.6 Å². The number of nitrogens with zero attached hydrogens (tertiary/aromatic N) is 1. The summed E-state index contributed by atoms with van der Waals surface area (Å²) in [4.78, 5) is 26.1. The number of hydrogen-bond acceptors (Lipinski definition) is 3. The van der Waals surface area contributed by atoms with Crippen LogP contribution in [0.5, 0.6) is 0 Å². The molecule has 5 heteroatoms. The van der Waals surface area contributed by atoms with Gasteiger partial charge in [0.05, 0.1) is 12.1 Å². The Bertz CT molecular complexity index is 363. The quantitative estimate of drug-likeness (QED) is 0.788. The van der Waals surface area contributed by atoms with Crippen molar-refractivity contribution >= 4 is 11.8 Å². The van der Waals surface area contributed by atoms with Gasteiger partial charge in [-0.1, -0.05) is 6.92 Å². The lowest BCUT2D eigenvalue weighted by molar-refractivity contribution is -0.161. The number of rotatable bonds is 2. The van der Waals surface area contributed by atoms with Crippen molar-refractivity contribution in [1.29, 1.82) is 0 Å². The lowest BCUT2D eigenvalue weighted by Crippen LogP contribution is -2.70. The van der Waals surface area contributed by atoms with Crippen molar-refractivity contribution in [1.82, 2.24) is 10.2 Å². The van der Waals surface area contributed by atoms with Crippen molar-refractivity contribution in [2.75, 3.05) is 19.8 Å². The lowest BCUT2D eigenvalue weighted by Gasteiger charge is -2.49. The summed E-state index contributed by atoms with van der Waals surface area (Å²) < 4.78 is 5.50. The van der Waals surface area contributed by atoms with Gasteiger partial charge in [0, 0.05) is 6.61 Å². The minimum absolute atomic E-state index is 0.0117. The topological polar surface area (TPSA) is 58.6 Å². The number of nitrogens with one attached hydrogen (secondary N) is 1. The van der Waals surface area contributed by atoms with Crippen LogP contribution >= 0.6 is 0 Å². The third-order valence-electron chi connectivity index (χ3n) is 4.21. The van der Waals surface area contributed by atoms with Gasteiger partial charge in [-0.25, -0.2) is 0 Å². The van der Waals surface area contributed by atoms with Crippen molar-refractivity contribution in [3.63, 3.8) is 0 Å². The second-order valence-electron chi connectivity index (χ2n) is 5.78. The summed E-state index contributed by atoms with van der Waals surface area (Å²) in [6.07, 6.45) is 2.43. The van der Waals surface area contributed by atoms with E-state index in [-0.39, 0.29) is 23.9 Å². The molecule has 0 radical (unpaired) electrons. The van der Waals surface area contributed by atoms with Gasteiger partial charge in [0.15, 0.2) is 0 Å². The molecule has 0 aromatic heterocycles. The van der Waals surface area contributed by atoms with Gasteiger partial charge in [0.2, 0.25) is 11.8 Å². The number of piperazine rings is 1. The molecule has 102 valence electrons. The Morgan fingerprint density at radius 1 is 1.39 bits per heavy atom. The van der Waals surface area contributed by atoms with E-state index in [9.17, 15) is 9.59 Å². The maximum Gasteiger partial charge on any atom is 0.249 e. The van der Waals surface area contributed by atoms with Crippen LogP contribution in [-0.2, 0) is 14.3 Å². The Kier molecular flexibility index (Phi) is 3.36. The molecule has 2 heterocycles. The zero-order valence-electron chi connectivity index (χ0n) is 11.4. The molecule has 0 bridgehead atoms. The number of hydrogen-bond donors (Lipinski definition) is 1. The highest BCUT2D eigenvalue weighted by molar-refractivity contribution is 5.98. The van der Waals surface area contributed by atoms with Gasteiger partial charge >= 0.3 is 0 Å². The molecule has 2 atom stereocenters. The normalized spacial score (nSPS) is 37.6. The molecule has 0 spiro atoms. The van der Waals surface area contributed by atoms with Crippen LogP contribution in [0.3, 0.4) is 0 Å². The molecule has 5 nitrogen and oxygen atoms in total. The molecule has 0 saturated carbocycles. The third-order valence-corrected chi connectivity index (χ3v) is 4.21. The van der Waals surface area contributed by atoms with E-state index in [1.165, 1.54) is 0 Å². The van der Waals surface area contributed by atoms with E-state index in [4.69, 9.17) is 4.74 Å². The predicted octanol–water partition coefficient (Wildman–Crippen LogP) is 0.683. The van der Waals surface area contributed by atoms with Crippen molar-refractivity contribution in [2.24, 2.45) is 0 Å². The van der Waals surface area contributed by atoms with Gasteiger partial charge in [0.1, 0.15) is 12.1 Å². The van der Waals surface area contributed by atoms with Gasteiger partial charge in [-0.3, -0.25) is 9.59 Å². The summed E-state index contributed by atoms with van der Waals surface area (Å²) in [5.41, 5.74) is -1.11. The molecule has 1 N–H and O–H groups in total. The first-order valence-corrected chi connectivity index (χ1v) is 6.62. The summed E-state index contributed by atoms with van der Waals surface area (Å²) in [5, 5.41) is 2.81. The molecule has 0 aromatic carbocycles. The highest BCUT2D eigenvalue weighted by Gasteiger charge is 2.48. The smallest absolute Gasteiger partial charge is 0.249 e. The molecular weight excluding hydrogens is 232 g/mol. The first-order chi connectivity index (χ1) is 8.41. The molecule has 2 saturated heterocycles. The molecule has 0 aromatic rings. The maximum atomic E-state index is 12.6. The van der Waals surface area contributed by atoms with Crippen LogP contribution in [0.2, 0.25) is 0 Å². The lowest BCUT2D eigenvalue weighted by atomic mass is 9.86. The van der Waals surface area contributed by atoms with Crippen LogP contribution < -0.4 is 5.32 Å². The van der Waals surface area contributed by atoms with Gasteiger partial charge in [-0.15, -0.1) is 0 Å². The average molecular weight is 254 g/mol. The van der Waals surface area contributed by atoms with Gasteiger partial charge < -0.3 is 15.0 Å². The summed E-state index contributed by atoms with van der Waals surface area (Å²) in [5.74, 6) is -0.0663. The average Bonchev–Trinajstić information content (AvgIpc) is 2.34. The van der Waals surface area contributed by atoms with E-state index in [1.54, 1.807) is 11.8 Å². The van der Waals surface area contributed by atoms with Crippen LogP contribution in [0.15, 0.2) is 0 Å². The monoisotopic (exact) mass is 254 g/mol. The minimum atomic E-state index is -0.768. The summed E-state index contributed by atoms with van der Waals surface area (Å²) in [6, 6.07) is 0. The summed E-state index contributed by atoms with van der Waals surface area (Å²) in [6.45, 7) is 7.14. The highest BCUT2D eigenvalue weighted by Crippen LogP contribution is 2.30. The van der Waals surface area contributed by atoms with Crippen molar-refractivity contribution in [3.8, 4) is 0 Å². The van der Waals surface area contributed by atoms with E-state index >= 15 is 0 Å². The van der Waals surface area contributed by atoms with Crippen LogP contribution in [0.25, 0.3) is 0 Å². The highest BCUT2D eigenvalue weighted by atomic mass is 16.5. The second kappa shape index (κ2) is 4.53. The zero-order valence-corrected chi connectivity index (χ0v) is 11.4.